The van der Waals surface area contributed by atoms with Crippen LogP contribution in [0.15, 0.2) is 30.3 Å². The Balaban J connectivity index is 2.01. The Morgan fingerprint density at radius 2 is 1.76 bits per heavy atom. The van der Waals surface area contributed by atoms with E-state index in [1.54, 1.807) is 0 Å². The maximum absolute atomic E-state index is 12.4. The molecule has 0 aliphatic carbocycles. The molecule has 1 N–H and O–H groups in total. The molecule has 0 bridgehead atoms. The van der Waals surface area contributed by atoms with Crippen LogP contribution in [0.4, 0.5) is 0 Å². The van der Waals surface area contributed by atoms with Gasteiger partial charge in [0.15, 0.2) is 0 Å². The van der Waals surface area contributed by atoms with E-state index in [2.05, 4.69) is 17.3 Å². The zero-order valence-corrected chi connectivity index (χ0v) is 12.7. The highest BCUT2D eigenvalue weighted by molar-refractivity contribution is 5.79. The maximum Gasteiger partial charge on any atom is 0.225 e. The largest absolute Gasteiger partial charge is 0.349 e. The molecule has 1 unspecified atom stereocenters. The Bertz CT molecular complexity index is 482. The third-order valence-corrected chi connectivity index (χ3v) is 3.81. The van der Waals surface area contributed by atoms with Crippen molar-refractivity contribution in [2.75, 3.05) is 33.2 Å². The highest BCUT2D eigenvalue weighted by Crippen LogP contribution is 2.18. The highest BCUT2D eigenvalue weighted by Gasteiger charge is 2.23. The van der Waals surface area contributed by atoms with E-state index in [1.807, 2.05) is 35.2 Å². The van der Waals surface area contributed by atoms with Gasteiger partial charge in [0.1, 0.15) is 0 Å². The Hall–Kier alpha value is -1.88. The Labute approximate surface area is 125 Å². The van der Waals surface area contributed by atoms with Crippen LogP contribution in [0.3, 0.4) is 0 Å². The number of nitrogens with zero attached hydrogens (tertiary/aromatic N) is 2. The van der Waals surface area contributed by atoms with Gasteiger partial charge in [-0.1, -0.05) is 30.3 Å². The van der Waals surface area contributed by atoms with Gasteiger partial charge in [-0.05, 0) is 12.6 Å². The number of amides is 2. The molecule has 21 heavy (non-hydrogen) atoms. The molecule has 1 atom stereocenters. The van der Waals surface area contributed by atoms with Crippen LogP contribution in [0.25, 0.3) is 0 Å². The fourth-order valence-corrected chi connectivity index (χ4v) is 2.54. The van der Waals surface area contributed by atoms with Gasteiger partial charge in [-0.25, -0.2) is 0 Å². The van der Waals surface area contributed by atoms with Crippen molar-refractivity contribution in [3.63, 3.8) is 0 Å². The third-order valence-electron chi connectivity index (χ3n) is 3.81. The standard InChI is InChI=1S/C16H23N3O2/c1-13(20)17-15(14-6-4-3-5-7-14)12-16(21)19-10-8-18(2)9-11-19/h3-7,15H,8-12H2,1-2H3,(H,17,20). The highest BCUT2D eigenvalue weighted by atomic mass is 16.2. The van der Waals surface area contributed by atoms with Crippen LogP contribution in [-0.2, 0) is 9.59 Å². The molecule has 1 aromatic carbocycles. The molecule has 2 rings (SSSR count). The normalized spacial score (nSPS) is 17.3. The van der Waals surface area contributed by atoms with Crippen molar-refractivity contribution in [2.45, 2.75) is 19.4 Å². The van der Waals surface area contributed by atoms with E-state index >= 15 is 0 Å². The van der Waals surface area contributed by atoms with Gasteiger partial charge in [-0.2, -0.15) is 0 Å². The lowest BCUT2D eigenvalue weighted by Crippen LogP contribution is -2.48. The van der Waals surface area contributed by atoms with Gasteiger partial charge >= 0.3 is 0 Å². The van der Waals surface area contributed by atoms with Crippen LogP contribution in [0.2, 0.25) is 0 Å². The molecule has 5 heteroatoms. The predicted molar refractivity (Wildman–Crippen MR) is 81.7 cm³/mol. The molecular formula is C16H23N3O2. The minimum atomic E-state index is -0.254. The molecule has 0 saturated carbocycles. The topological polar surface area (TPSA) is 52.7 Å². The average molecular weight is 289 g/mol. The zero-order valence-electron chi connectivity index (χ0n) is 12.7. The molecule has 114 valence electrons. The van der Waals surface area contributed by atoms with Crippen LogP contribution < -0.4 is 5.32 Å². The molecular weight excluding hydrogens is 266 g/mol. The van der Waals surface area contributed by atoms with Crippen LogP contribution in [0.1, 0.15) is 24.9 Å². The summed E-state index contributed by atoms with van der Waals surface area (Å²) in [4.78, 5) is 27.9. The van der Waals surface area contributed by atoms with E-state index in [-0.39, 0.29) is 17.9 Å². The molecule has 0 radical (unpaired) electrons. The van der Waals surface area contributed by atoms with E-state index in [9.17, 15) is 9.59 Å². The molecule has 1 aromatic rings. The quantitative estimate of drug-likeness (QED) is 0.900. The van der Waals surface area contributed by atoms with Crippen LogP contribution in [0.5, 0.6) is 0 Å². The minimum Gasteiger partial charge on any atom is -0.349 e. The van der Waals surface area contributed by atoms with Crippen molar-refractivity contribution < 1.29 is 9.59 Å². The second kappa shape index (κ2) is 7.22. The minimum absolute atomic E-state index is 0.103. The van der Waals surface area contributed by atoms with Gasteiger partial charge in [0.05, 0.1) is 12.5 Å². The van der Waals surface area contributed by atoms with Gasteiger partial charge in [0, 0.05) is 33.1 Å². The summed E-state index contributed by atoms with van der Waals surface area (Å²) in [5.41, 5.74) is 0.968. The summed E-state index contributed by atoms with van der Waals surface area (Å²) >= 11 is 0. The number of carbonyl (C=O) groups excluding carboxylic acids is 2. The van der Waals surface area contributed by atoms with E-state index in [4.69, 9.17) is 0 Å². The lowest BCUT2D eigenvalue weighted by molar-refractivity contribution is -0.133. The van der Waals surface area contributed by atoms with Crippen LogP contribution in [0, 0.1) is 0 Å². The number of hydrogen-bond acceptors (Lipinski definition) is 3. The molecule has 1 fully saturated rings. The smallest absolute Gasteiger partial charge is 0.225 e. The Kier molecular flexibility index (Phi) is 5.33. The summed E-state index contributed by atoms with van der Waals surface area (Å²) < 4.78 is 0. The van der Waals surface area contributed by atoms with E-state index in [0.717, 1.165) is 31.7 Å². The van der Waals surface area contributed by atoms with Crippen molar-refractivity contribution >= 4 is 11.8 Å². The van der Waals surface area contributed by atoms with Crippen molar-refractivity contribution in [2.24, 2.45) is 0 Å². The first kappa shape index (κ1) is 15.5. The number of carbonyl (C=O) groups is 2. The molecule has 1 heterocycles. The lowest BCUT2D eigenvalue weighted by Gasteiger charge is -2.33. The second-order valence-corrected chi connectivity index (χ2v) is 5.55. The average Bonchev–Trinajstić information content (AvgIpc) is 2.47. The molecule has 1 aliphatic heterocycles. The third kappa shape index (κ3) is 4.56. The van der Waals surface area contributed by atoms with E-state index in [1.165, 1.54) is 6.92 Å². The molecule has 0 aromatic heterocycles. The summed E-state index contributed by atoms with van der Waals surface area (Å²) in [7, 11) is 2.06. The van der Waals surface area contributed by atoms with E-state index < -0.39 is 0 Å². The first-order chi connectivity index (χ1) is 10.1. The number of benzene rings is 1. The molecule has 2 amide bonds. The van der Waals surface area contributed by atoms with Gasteiger partial charge in [-0.3, -0.25) is 9.59 Å². The van der Waals surface area contributed by atoms with Crippen molar-refractivity contribution in [1.29, 1.82) is 0 Å². The molecule has 0 spiro atoms. The zero-order chi connectivity index (χ0) is 15.2. The molecule has 1 saturated heterocycles. The Morgan fingerprint density at radius 1 is 1.14 bits per heavy atom. The van der Waals surface area contributed by atoms with Gasteiger partial charge < -0.3 is 15.1 Å². The summed E-state index contributed by atoms with van der Waals surface area (Å²) in [5, 5.41) is 2.88. The number of hydrogen-bond donors (Lipinski definition) is 1. The monoisotopic (exact) mass is 289 g/mol. The van der Waals surface area contributed by atoms with Gasteiger partial charge in [0.25, 0.3) is 0 Å². The second-order valence-electron chi connectivity index (χ2n) is 5.55. The molecule has 5 nitrogen and oxygen atoms in total. The predicted octanol–water partition coefficient (Wildman–Crippen LogP) is 1.03. The van der Waals surface area contributed by atoms with Crippen LogP contribution in [-0.4, -0.2) is 54.8 Å². The number of nitrogens with one attached hydrogen (secondary N) is 1. The summed E-state index contributed by atoms with van der Waals surface area (Å²) in [6, 6.07) is 9.40. The lowest BCUT2D eigenvalue weighted by atomic mass is 10.0. The fourth-order valence-electron chi connectivity index (χ4n) is 2.54. The SMILES string of the molecule is CC(=O)NC(CC(=O)N1CCN(C)CC1)c1ccccc1. The van der Waals surface area contributed by atoms with Gasteiger partial charge in [0.2, 0.25) is 11.8 Å². The van der Waals surface area contributed by atoms with Crippen molar-refractivity contribution in [3.05, 3.63) is 35.9 Å². The Morgan fingerprint density at radius 3 is 2.33 bits per heavy atom. The van der Waals surface area contributed by atoms with Crippen LogP contribution >= 0.6 is 0 Å². The first-order valence-electron chi connectivity index (χ1n) is 7.34. The summed E-state index contributed by atoms with van der Waals surface area (Å²) in [5.74, 6) is -0.0132. The van der Waals surface area contributed by atoms with Crippen molar-refractivity contribution in [1.82, 2.24) is 15.1 Å². The van der Waals surface area contributed by atoms with E-state index in [0.29, 0.717) is 6.42 Å². The fraction of sp³-hybridized carbons (Fsp3) is 0.500. The summed E-state index contributed by atoms with van der Waals surface area (Å²) in [6.45, 7) is 4.81. The number of likely N-dealkylation sites (N-methyl/N-ethyl adjacent to an activating group) is 1. The summed E-state index contributed by atoms with van der Waals surface area (Å²) in [6.07, 6.45) is 0.313. The molecule has 1 aliphatic rings. The number of rotatable bonds is 4. The van der Waals surface area contributed by atoms with Crippen molar-refractivity contribution in [3.8, 4) is 0 Å². The number of piperazine rings is 1. The first-order valence-corrected chi connectivity index (χ1v) is 7.34. The van der Waals surface area contributed by atoms with Gasteiger partial charge in [-0.15, -0.1) is 0 Å². The maximum atomic E-state index is 12.4.